The molecule has 2 heterocycles. The molecule has 1 aromatic heterocycles. The van der Waals surface area contributed by atoms with E-state index >= 15 is 0 Å². The van der Waals surface area contributed by atoms with Crippen molar-refractivity contribution in [3.63, 3.8) is 0 Å². The van der Waals surface area contributed by atoms with Gasteiger partial charge in [-0.15, -0.1) is 0 Å². The van der Waals surface area contributed by atoms with E-state index in [0.29, 0.717) is 40.9 Å². The molecule has 154 valence electrons. The quantitative estimate of drug-likeness (QED) is 0.638. The minimum Gasteiger partial charge on any atom is -0.344 e. The standard InChI is InChI=1S/C22H20Cl2N4O2/c1-14(15-6-3-2-4-7-15)25-21(29)19-12-20-22(30)27(10-11-28(20)26-19)13-16-17(23)8-5-9-18(16)24/h2-9,12,14H,10-11,13H2,1H3,(H,25,29)/t14-/m1/s1. The van der Waals surface area contributed by atoms with E-state index in [1.807, 2.05) is 37.3 Å². The Hall–Kier alpha value is -2.83. The van der Waals surface area contributed by atoms with Crippen LogP contribution in [-0.2, 0) is 13.1 Å². The van der Waals surface area contributed by atoms with Crippen LogP contribution in [0.4, 0.5) is 0 Å². The lowest BCUT2D eigenvalue weighted by atomic mass is 10.1. The number of aromatic nitrogens is 2. The molecule has 0 radical (unpaired) electrons. The molecule has 4 rings (SSSR count). The smallest absolute Gasteiger partial charge is 0.272 e. The fourth-order valence-corrected chi connectivity index (χ4v) is 3.99. The molecule has 1 atom stereocenters. The molecule has 30 heavy (non-hydrogen) atoms. The third kappa shape index (κ3) is 4.06. The van der Waals surface area contributed by atoms with Crippen molar-refractivity contribution in [2.24, 2.45) is 0 Å². The van der Waals surface area contributed by atoms with Crippen LogP contribution < -0.4 is 5.32 Å². The Bertz CT molecular complexity index is 1080. The number of benzene rings is 2. The van der Waals surface area contributed by atoms with Crippen LogP contribution in [0, 0.1) is 0 Å². The van der Waals surface area contributed by atoms with Crippen molar-refractivity contribution in [2.75, 3.05) is 6.54 Å². The predicted octanol–water partition coefficient (Wildman–Crippen LogP) is 4.34. The number of hydrogen-bond donors (Lipinski definition) is 1. The third-order valence-electron chi connectivity index (χ3n) is 5.16. The summed E-state index contributed by atoms with van der Waals surface area (Å²) in [6.07, 6.45) is 0. The van der Waals surface area contributed by atoms with Crippen LogP contribution in [0.1, 0.15) is 45.1 Å². The van der Waals surface area contributed by atoms with Gasteiger partial charge in [0.25, 0.3) is 11.8 Å². The van der Waals surface area contributed by atoms with E-state index < -0.39 is 0 Å². The maximum Gasteiger partial charge on any atom is 0.272 e. The maximum absolute atomic E-state index is 13.0. The average Bonchev–Trinajstić information content (AvgIpc) is 3.18. The zero-order valence-electron chi connectivity index (χ0n) is 16.3. The Balaban J connectivity index is 1.49. The summed E-state index contributed by atoms with van der Waals surface area (Å²) in [5, 5.41) is 8.29. The Morgan fingerprint density at radius 1 is 1.10 bits per heavy atom. The molecule has 0 unspecified atom stereocenters. The highest BCUT2D eigenvalue weighted by atomic mass is 35.5. The van der Waals surface area contributed by atoms with Crippen LogP contribution in [0.2, 0.25) is 10.0 Å². The summed E-state index contributed by atoms with van der Waals surface area (Å²) in [7, 11) is 0. The van der Waals surface area contributed by atoms with Gasteiger partial charge in [-0.3, -0.25) is 14.3 Å². The van der Waals surface area contributed by atoms with Crippen molar-refractivity contribution in [1.29, 1.82) is 0 Å². The molecule has 0 aliphatic carbocycles. The van der Waals surface area contributed by atoms with Gasteiger partial charge in [0.1, 0.15) is 5.69 Å². The summed E-state index contributed by atoms with van der Waals surface area (Å²) in [6.45, 7) is 3.15. The molecule has 2 aromatic carbocycles. The summed E-state index contributed by atoms with van der Waals surface area (Å²) in [5.41, 5.74) is 2.30. The summed E-state index contributed by atoms with van der Waals surface area (Å²) >= 11 is 12.5. The Morgan fingerprint density at radius 2 is 1.80 bits per heavy atom. The molecule has 0 fully saturated rings. The normalized spacial score (nSPS) is 14.4. The summed E-state index contributed by atoms with van der Waals surface area (Å²) < 4.78 is 1.58. The first-order valence-corrected chi connectivity index (χ1v) is 10.4. The number of carbonyl (C=O) groups excluding carboxylic acids is 2. The second kappa shape index (κ2) is 8.50. The molecule has 0 bridgehead atoms. The van der Waals surface area contributed by atoms with Crippen LogP contribution >= 0.6 is 23.2 Å². The zero-order chi connectivity index (χ0) is 21.3. The lowest BCUT2D eigenvalue weighted by Crippen LogP contribution is -2.39. The molecule has 1 aliphatic rings. The first kappa shape index (κ1) is 20.4. The van der Waals surface area contributed by atoms with E-state index in [-0.39, 0.29) is 23.6 Å². The minimum atomic E-state index is -0.318. The van der Waals surface area contributed by atoms with Crippen LogP contribution in [0.5, 0.6) is 0 Å². The fourth-order valence-electron chi connectivity index (χ4n) is 3.47. The van der Waals surface area contributed by atoms with Crippen molar-refractivity contribution >= 4 is 35.0 Å². The van der Waals surface area contributed by atoms with E-state index in [9.17, 15) is 9.59 Å². The van der Waals surface area contributed by atoms with Gasteiger partial charge in [-0.2, -0.15) is 5.10 Å². The monoisotopic (exact) mass is 442 g/mol. The number of rotatable bonds is 5. The fraction of sp³-hybridized carbons (Fsp3) is 0.227. The number of amides is 2. The second-order valence-corrected chi connectivity index (χ2v) is 7.99. The van der Waals surface area contributed by atoms with Crippen LogP contribution in [0.15, 0.2) is 54.6 Å². The largest absolute Gasteiger partial charge is 0.344 e. The van der Waals surface area contributed by atoms with Gasteiger partial charge in [0.2, 0.25) is 0 Å². The SMILES string of the molecule is C[C@@H](NC(=O)c1cc2n(n1)CCN(Cc1c(Cl)cccc1Cl)C2=O)c1ccccc1. The number of nitrogens with one attached hydrogen (secondary N) is 1. The van der Waals surface area contributed by atoms with Gasteiger partial charge >= 0.3 is 0 Å². The van der Waals surface area contributed by atoms with E-state index in [1.165, 1.54) is 6.07 Å². The van der Waals surface area contributed by atoms with Gasteiger partial charge in [0.15, 0.2) is 5.69 Å². The van der Waals surface area contributed by atoms with Crippen LogP contribution in [-0.4, -0.2) is 33.0 Å². The maximum atomic E-state index is 13.0. The lowest BCUT2D eigenvalue weighted by Gasteiger charge is -2.28. The molecule has 6 nitrogen and oxygen atoms in total. The first-order chi connectivity index (χ1) is 14.4. The number of carbonyl (C=O) groups is 2. The van der Waals surface area contributed by atoms with Gasteiger partial charge in [-0.25, -0.2) is 0 Å². The van der Waals surface area contributed by atoms with Crippen LogP contribution in [0.3, 0.4) is 0 Å². The summed E-state index contributed by atoms with van der Waals surface area (Å²) in [5.74, 6) is -0.526. The highest BCUT2D eigenvalue weighted by Gasteiger charge is 2.29. The molecule has 0 saturated heterocycles. The van der Waals surface area contributed by atoms with E-state index in [1.54, 1.807) is 27.8 Å². The first-order valence-electron chi connectivity index (χ1n) is 9.60. The highest BCUT2D eigenvalue weighted by Crippen LogP contribution is 2.27. The molecule has 1 N–H and O–H groups in total. The molecule has 1 aliphatic heterocycles. The molecule has 2 amide bonds. The summed E-state index contributed by atoms with van der Waals surface area (Å²) in [4.78, 5) is 27.3. The van der Waals surface area contributed by atoms with Gasteiger partial charge in [0, 0.05) is 34.8 Å². The lowest BCUT2D eigenvalue weighted by molar-refractivity contribution is 0.0683. The minimum absolute atomic E-state index is 0.174. The average molecular weight is 443 g/mol. The van der Waals surface area contributed by atoms with Gasteiger partial charge in [-0.1, -0.05) is 59.6 Å². The van der Waals surface area contributed by atoms with E-state index in [2.05, 4.69) is 10.4 Å². The molecule has 0 saturated carbocycles. The van der Waals surface area contributed by atoms with Gasteiger partial charge < -0.3 is 10.2 Å². The number of hydrogen-bond acceptors (Lipinski definition) is 3. The zero-order valence-corrected chi connectivity index (χ0v) is 17.8. The predicted molar refractivity (Wildman–Crippen MR) is 116 cm³/mol. The molecular weight excluding hydrogens is 423 g/mol. The molecule has 8 heteroatoms. The topological polar surface area (TPSA) is 67.2 Å². The van der Waals surface area contributed by atoms with E-state index in [4.69, 9.17) is 23.2 Å². The molecular formula is C22H20Cl2N4O2. The van der Waals surface area contributed by atoms with Crippen LogP contribution in [0.25, 0.3) is 0 Å². The van der Waals surface area contributed by atoms with Gasteiger partial charge in [-0.05, 0) is 24.6 Å². The second-order valence-electron chi connectivity index (χ2n) is 7.17. The Kier molecular flexibility index (Phi) is 5.79. The Morgan fingerprint density at radius 3 is 2.50 bits per heavy atom. The Labute approximate surface area is 184 Å². The molecule has 0 spiro atoms. The third-order valence-corrected chi connectivity index (χ3v) is 5.87. The van der Waals surface area contributed by atoms with Crippen molar-refractivity contribution < 1.29 is 9.59 Å². The van der Waals surface area contributed by atoms with Crippen molar-refractivity contribution in [2.45, 2.75) is 26.1 Å². The number of fused-ring (bicyclic) bond motifs is 1. The van der Waals surface area contributed by atoms with Crippen molar-refractivity contribution in [3.05, 3.63) is 87.2 Å². The number of nitrogens with zero attached hydrogens (tertiary/aromatic N) is 3. The van der Waals surface area contributed by atoms with Crippen molar-refractivity contribution in [3.8, 4) is 0 Å². The highest BCUT2D eigenvalue weighted by molar-refractivity contribution is 6.36. The van der Waals surface area contributed by atoms with Crippen molar-refractivity contribution in [1.82, 2.24) is 20.0 Å². The summed E-state index contributed by atoms with van der Waals surface area (Å²) in [6, 6.07) is 16.3. The molecule has 3 aromatic rings. The number of halogens is 2. The van der Waals surface area contributed by atoms with Gasteiger partial charge in [0.05, 0.1) is 12.6 Å². The van der Waals surface area contributed by atoms with E-state index in [0.717, 1.165) is 5.56 Å².